The summed E-state index contributed by atoms with van der Waals surface area (Å²) < 4.78 is 10.8. The van der Waals surface area contributed by atoms with Crippen molar-refractivity contribution in [2.75, 3.05) is 32.7 Å². The maximum atomic E-state index is 13.3. The first-order valence-electron chi connectivity index (χ1n) is 11.8. The van der Waals surface area contributed by atoms with Gasteiger partial charge in [-0.25, -0.2) is 0 Å². The van der Waals surface area contributed by atoms with Gasteiger partial charge in [-0.2, -0.15) is 0 Å². The maximum absolute atomic E-state index is 13.3. The minimum Gasteiger partial charge on any atom is -0.507 e. The number of ether oxygens (including phenoxy) is 2. The van der Waals surface area contributed by atoms with E-state index in [1.54, 1.807) is 31.4 Å². The highest BCUT2D eigenvalue weighted by Gasteiger charge is 2.46. The zero-order valence-electron chi connectivity index (χ0n) is 20.9. The van der Waals surface area contributed by atoms with Crippen molar-refractivity contribution in [2.24, 2.45) is 0 Å². The number of carbonyl (C=O) groups is 2. The van der Waals surface area contributed by atoms with Gasteiger partial charge in [0.05, 0.1) is 25.3 Å². The Labute approximate surface area is 211 Å². The number of ketones is 1. The molecule has 1 unspecified atom stereocenters. The van der Waals surface area contributed by atoms with Crippen molar-refractivity contribution < 1.29 is 24.2 Å². The van der Waals surface area contributed by atoms with Gasteiger partial charge in [-0.05, 0) is 54.4 Å². The molecule has 1 heterocycles. The lowest BCUT2D eigenvalue weighted by Gasteiger charge is -2.26. The molecule has 0 spiro atoms. The van der Waals surface area contributed by atoms with Gasteiger partial charge in [0.1, 0.15) is 17.3 Å². The molecule has 36 heavy (non-hydrogen) atoms. The predicted octanol–water partition coefficient (Wildman–Crippen LogP) is 4.78. The average molecular weight is 487 g/mol. The molecule has 7 nitrogen and oxygen atoms in total. The van der Waals surface area contributed by atoms with Crippen LogP contribution in [0, 0.1) is 0 Å². The highest BCUT2D eigenvalue weighted by Crippen LogP contribution is 2.41. The molecule has 0 bridgehead atoms. The standard InChI is InChI=1S/C29H30N2O5/c1-5-36-24-8-6-7-21(17-24)27(32)25-26(20-11-13-22(14-12-20)30(2)3)31(29(34)28(25)33)18-19-9-15-23(35-4)16-10-19/h6-17,26,32H,5,18H2,1-4H3/b27-25-. The number of methoxy groups -OCH3 is 1. The van der Waals surface area contributed by atoms with Crippen LogP contribution in [0.3, 0.4) is 0 Å². The van der Waals surface area contributed by atoms with E-state index in [1.807, 2.05) is 74.4 Å². The summed E-state index contributed by atoms with van der Waals surface area (Å²) in [5, 5.41) is 11.3. The quantitative estimate of drug-likeness (QED) is 0.280. The number of hydrogen-bond donors (Lipinski definition) is 1. The number of rotatable bonds is 8. The monoisotopic (exact) mass is 486 g/mol. The summed E-state index contributed by atoms with van der Waals surface area (Å²) in [6, 6.07) is 21.1. The van der Waals surface area contributed by atoms with E-state index in [0.29, 0.717) is 23.7 Å². The molecule has 1 amide bonds. The van der Waals surface area contributed by atoms with Gasteiger partial charge >= 0.3 is 0 Å². The lowest BCUT2D eigenvalue weighted by molar-refractivity contribution is -0.140. The molecule has 0 aromatic heterocycles. The second-order valence-corrected chi connectivity index (χ2v) is 8.72. The van der Waals surface area contributed by atoms with Crippen LogP contribution in [0.2, 0.25) is 0 Å². The van der Waals surface area contributed by atoms with Gasteiger partial charge in [-0.15, -0.1) is 0 Å². The SMILES string of the molecule is CCOc1cccc(/C(O)=C2/C(=O)C(=O)N(Cc3ccc(OC)cc3)C2c2ccc(N(C)C)cc2)c1. The summed E-state index contributed by atoms with van der Waals surface area (Å²) >= 11 is 0. The number of aliphatic hydroxyl groups is 1. The largest absolute Gasteiger partial charge is 0.507 e. The molecule has 0 radical (unpaired) electrons. The van der Waals surface area contributed by atoms with E-state index in [9.17, 15) is 14.7 Å². The second kappa shape index (κ2) is 10.6. The van der Waals surface area contributed by atoms with E-state index in [-0.39, 0.29) is 17.9 Å². The third kappa shape index (κ3) is 4.91. The Bertz CT molecular complexity index is 1280. The van der Waals surface area contributed by atoms with E-state index in [1.165, 1.54) is 4.90 Å². The molecule has 7 heteroatoms. The number of aliphatic hydroxyl groups excluding tert-OH is 1. The number of anilines is 1. The molecule has 1 fully saturated rings. The molecule has 4 rings (SSSR count). The van der Waals surface area contributed by atoms with Crippen LogP contribution in [-0.4, -0.2) is 49.5 Å². The van der Waals surface area contributed by atoms with Crippen molar-refractivity contribution in [3.05, 3.63) is 95.1 Å². The van der Waals surface area contributed by atoms with Crippen LogP contribution in [0.15, 0.2) is 78.4 Å². The highest BCUT2D eigenvalue weighted by molar-refractivity contribution is 6.46. The van der Waals surface area contributed by atoms with Crippen molar-refractivity contribution >= 4 is 23.1 Å². The van der Waals surface area contributed by atoms with Gasteiger partial charge in [0.25, 0.3) is 11.7 Å². The zero-order valence-corrected chi connectivity index (χ0v) is 20.9. The van der Waals surface area contributed by atoms with Gasteiger partial charge in [0.2, 0.25) is 0 Å². The first kappa shape index (κ1) is 24.9. The number of Topliss-reactive ketones (excluding diaryl/α,β-unsaturated/α-hetero) is 1. The Morgan fingerprint density at radius 3 is 2.28 bits per heavy atom. The van der Waals surface area contributed by atoms with Crippen molar-refractivity contribution in [3.63, 3.8) is 0 Å². The lowest BCUT2D eigenvalue weighted by Crippen LogP contribution is -2.29. The molecule has 1 aliphatic heterocycles. The number of amides is 1. The van der Waals surface area contributed by atoms with Crippen molar-refractivity contribution in [3.8, 4) is 11.5 Å². The molecular weight excluding hydrogens is 456 g/mol. The topological polar surface area (TPSA) is 79.3 Å². The molecule has 0 saturated carbocycles. The predicted molar refractivity (Wildman–Crippen MR) is 139 cm³/mol. The van der Waals surface area contributed by atoms with Gasteiger partial charge in [-0.3, -0.25) is 9.59 Å². The van der Waals surface area contributed by atoms with Crippen LogP contribution >= 0.6 is 0 Å². The fourth-order valence-corrected chi connectivity index (χ4v) is 4.33. The highest BCUT2D eigenvalue weighted by atomic mass is 16.5. The Hall–Kier alpha value is -4.26. The third-order valence-electron chi connectivity index (χ3n) is 6.20. The van der Waals surface area contributed by atoms with Crippen LogP contribution in [-0.2, 0) is 16.1 Å². The molecule has 1 saturated heterocycles. The summed E-state index contributed by atoms with van der Waals surface area (Å²) in [6.45, 7) is 2.54. The smallest absolute Gasteiger partial charge is 0.295 e. The Kier molecular flexibility index (Phi) is 7.29. The van der Waals surface area contributed by atoms with Gasteiger partial charge in [0.15, 0.2) is 0 Å². The van der Waals surface area contributed by atoms with Crippen molar-refractivity contribution in [1.29, 1.82) is 0 Å². The minimum absolute atomic E-state index is 0.0553. The third-order valence-corrected chi connectivity index (χ3v) is 6.20. The second-order valence-electron chi connectivity index (χ2n) is 8.72. The first-order valence-corrected chi connectivity index (χ1v) is 11.8. The molecule has 3 aromatic carbocycles. The maximum Gasteiger partial charge on any atom is 0.295 e. The van der Waals surface area contributed by atoms with Crippen LogP contribution in [0.5, 0.6) is 11.5 Å². The number of likely N-dealkylation sites (tertiary alicyclic amines) is 1. The summed E-state index contributed by atoms with van der Waals surface area (Å²) in [6.07, 6.45) is 0. The molecule has 1 atom stereocenters. The average Bonchev–Trinajstić information content (AvgIpc) is 3.14. The zero-order chi connectivity index (χ0) is 25.8. The van der Waals surface area contributed by atoms with Crippen LogP contribution < -0.4 is 14.4 Å². The van der Waals surface area contributed by atoms with E-state index < -0.39 is 17.7 Å². The van der Waals surface area contributed by atoms with Crippen LogP contribution in [0.25, 0.3) is 5.76 Å². The minimum atomic E-state index is -0.751. The first-order chi connectivity index (χ1) is 17.3. The molecule has 1 aliphatic rings. The Morgan fingerprint density at radius 2 is 1.67 bits per heavy atom. The van der Waals surface area contributed by atoms with Gasteiger partial charge in [0, 0.05) is 31.9 Å². The number of benzene rings is 3. The fourth-order valence-electron chi connectivity index (χ4n) is 4.33. The van der Waals surface area contributed by atoms with Gasteiger partial charge < -0.3 is 24.4 Å². The summed E-state index contributed by atoms with van der Waals surface area (Å²) in [5.74, 6) is -0.333. The van der Waals surface area contributed by atoms with E-state index in [0.717, 1.165) is 16.8 Å². The normalized spacial score (nSPS) is 16.8. The van der Waals surface area contributed by atoms with Crippen LogP contribution in [0.4, 0.5) is 5.69 Å². The Balaban J connectivity index is 1.82. The van der Waals surface area contributed by atoms with E-state index in [4.69, 9.17) is 9.47 Å². The fraction of sp³-hybridized carbons (Fsp3) is 0.241. The lowest BCUT2D eigenvalue weighted by atomic mass is 9.95. The van der Waals surface area contributed by atoms with Gasteiger partial charge in [-0.1, -0.05) is 36.4 Å². The molecule has 1 N–H and O–H groups in total. The van der Waals surface area contributed by atoms with Crippen molar-refractivity contribution in [1.82, 2.24) is 4.90 Å². The number of nitrogens with zero attached hydrogens (tertiary/aromatic N) is 2. The molecule has 3 aromatic rings. The molecular formula is C29H30N2O5. The molecule has 186 valence electrons. The molecule has 0 aliphatic carbocycles. The number of hydrogen-bond acceptors (Lipinski definition) is 6. The Morgan fingerprint density at radius 1 is 0.972 bits per heavy atom. The summed E-state index contributed by atoms with van der Waals surface area (Å²) in [5.41, 5.74) is 3.02. The van der Waals surface area contributed by atoms with E-state index in [2.05, 4.69) is 0 Å². The summed E-state index contributed by atoms with van der Waals surface area (Å²) in [7, 11) is 5.47. The van der Waals surface area contributed by atoms with Crippen LogP contribution in [0.1, 0.15) is 29.7 Å². The van der Waals surface area contributed by atoms with Crippen molar-refractivity contribution in [2.45, 2.75) is 19.5 Å². The summed E-state index contributed by atoms with van der Waals surface area (Å²) in [4.78, 5) is 30.1. The van der Waals surface area contributed by atoms with E-state index >= 15 is 0 Å². The number of carbonyl (C=O) groups excluding carboxylic acids is 2.